The Morgan fingerprint density at radius 2 is 1.33 bits per heavy atom. The van der Waals surface area contributed by atoms with Gasteiger partial charge in [-0.05, 0) is 29.1 Å². The molecular formula is C16H15ClO. The fraction of sp³-hybridized carbons (Fsp3) is 0.188. The number of hydrogen-bond acceptors (Lipinski definition) is 1. The van der Waals surface area contributed by atoms with Crippen LogP contribution in [0.5, 0.6) is 0 Å². The Balaban J connectivity index is 2.26. The SMILES string of the molecule is O=C(Cl)CCC(c1ccccc1)c1ccccc1. The van der Waals surface area contributed by atoms with Crippen LogP contribution in [-0.2, 0) is 4.79 Å². The average molecular weight is 259 g/mol. The maximum Gasteiger partial charge on any atom is 0.221 e. The lowest BCUT2D eigenvalue weighted by molar-refractivity contribution is -0.111. The number of halogens is 1. The third-order valence-electron chi connectivity index (χ3n) is 3.03. The van der Waals surface area contributed by atoms with Gasteiger partial charge in [0.15, 0.2) is 0 Å². The number of rotatable bonds is 5. The van der Waals surface area contributed by atoms with E-state index >= 15 is 0 Å². The Morgan fingerprint density at radius 1 is 0.889 bits per heavy atom. The van der Waals surface area contributed by atoms with E-state index in [0.29, 0.717) is 6.42 Å². The van der Waals surface area contributed by atoms with Gasteiger partial charge in [0.1, 0.15) is 0 Å². The molecule has 0 atom stereocenters. The Kier molecular flexibility index (Phi) is 4.54. The van der Waals surface area contributed by atoms with Crippen LogP contribution in [0.25, 0.3) is 0 Å². The summed E-state index contributed by atoms with van der Waals surface area (Å²) < 4.78 is 0. The van der Waals surface area contributed by atoms with Crippen LogP contribution < -0.4 is 0 Å². The second-order valence-electron chi connectivity index (χ2n) is 4.27. The van der Waals surface area contributed by atoms with Gasteiger partial charge in [0.25, 0.3) is 0 Å². The fourth-order valence-electron chi connectivity index (χ4n) is 2.15. The Hall–Kier alpha value is -1.60. The summed E-state index contributed by atoms with van der Waals surface area (Å²) in [5.74, 6) is 0.232. The molecule has 0 heterocycles. The van der Waals surface area contributed by atoms with Crippen LogP contribution in [0, 0.1) is 0 Å². The molecule has 2 rings (SSSR count). The fourth-order valence-corrected chi connectivity index (χ4v) is 2.26. The van der Waals surface area contributed by atoms with Crippen LogP contribution in [0.4, 0.5) is 0 Å². The van der Waals surface area contributed by atoms with Crippen molar-refractivity contribution >= 4 is 16.8 Å². The zero-order valence-electron chi connectivity index (χ0n) is 10.1. The molecule has 0 fully saturated rings. The minimum Gasteiger partial charge on any atom is -0.281 e. The van der Waals surface area contributed by atoms with E-state index in [9.17, 15) is 4.79 Å². The molecule has 18 heavy (non-hydrogen) atoms. The summed E-state index contributed by atoms with van der Waals surface area (Å²) in [6, 6.07) is 20.5. The monoisotopic (exact) mass is 258 g/mol. The molecule has 0 radical (unpaired) electrons. The third-order valence-corrected chi connectivity index (χ3v) is 3.22. The highest BCUT2D eigenvalue weighted by Crippen LogP contribution is 2.29. The van der Waals surface area contributed by atoms with Crippen molar-refractivity contribution < 1.29 is 4.79 Å². The summed E-state index contributed by atoms with van der Waals surface area (Å²) in [4.78, 5) is 11.0. The van der Waals surface area contributed by atoms with Crippen LogP contribution in [0.2, 0.25) is 0 Å². The van der Waals surface area contributed by atoms with Gasteiger partial charge in [-0.15, -0.1) is 0 Å². The summed E-state index contributed by atoms with van der Waals surface area (Å²) in [7, 11) is 0. The van der Waals surface area contributed by atoms with Gasteiger partial charge >= 0.3 is 0 Å². The topological polar surface area (TPSA) is 17.1 Å². The zero-order valence-corrected chi connectivity index (χ0v) is 10.8. The normalized spacial score (nSPS) is 10.6. The van der Waals surface area contributed by atoms with E-state index in [0.717, 1.165) is 6.42 Å². The van der Waals surface area contributed by atoms with E-state index < -0.39 is 0 Å². The van der Waals surface area contributed by atoms with Crippen LogP contribution in [0.3, 0.4) is 0 Å². The smallest absolute Gasteiger partial charge is 0.221 e. The first-order chi connectivity index (χ1) is 8.77. The minimum absolute atomic E-state index is 0.232. The van der Waals surface area contributed by atoms with Gasteiger partial charge in [-0.2, -0.15) is 0 Å². The minimum atomic E-state index is -0.271. The quantitative estimate of drug-likeness (QED) is 0.728. The van der Waals surface area contributed by atoms with Crippen LogP contribution >= 0.6 is 11.6 Å². The van der Waals surface area contributed by atoms with Crippen molar-refractivity contribution in [2.24, 2.45) is 0 Å². The van der Waals surface area contributed by atoms with Crippen LogP contribution in [0.1, 0.15) is 29.9 Å². The maximum atomic E-state index is 11.0. The second kappa shape index (κ2) is 6.36. The number of carbonyl (C=O) groups is 1. The maximum absolute atomic E-state index is 11.0. The highest BCUT2D eigenvalue weighted by molar-refractivity contribution is 6.63. The summed E-state index contributed by atoms with van der Waals surface area (Å²) in [5.41, 5.74) is 2.45. The van der Waals surface area contributed by atoms with Gasteiger partial charge in [-0.25, -0.2) is 0 Å². The number of carbonyl (C=O) groups excluding carboxylic acids is 1. The Bertz CT molecular complexity index is 454. The summed E-state index contributed by atoms with van der Waals surface area (Å²) >= 11 is 5.46. The van der Waals surface area contributed by atoms with E-state index in [1.807, 2.05) is 36.4 Å². The van der Waals surface area contributed by atoms with Crippen molar-refractivity contribution in [2.45, 2.75) is 18.8 Å². The molecule has 0 aliphatic heterocycles. The van der Waals surface area contributed by atoms with Gasteiger partial charge < -0.3 is 0 Å². The van der Waals surface area contributed by atoms with Gasteiger partial charge in [0.05, 0.1) is 0 Å². The van der Waals surface area contributed by atoms with Crippen molar-refractivity contribution in [3.63, 3.8) is 0 Å². The molecule has 0 unspecified atom stereocenters. The number of benzene rings is 2. The molecule has 2 heteroatoms. The Labute approximate surface area is 112 Å². The molecule has 0 bridgehead atoms. The summed E-state index contributed by atoms with van der Waals surface area (Å²) in [5, 5.41) is -0.271. The van der Waals surface area contributed by atoms with E-state index in [-0.39, 0.29) is 11.2 Å². The van der Waals surface area contributed by atoms with Gasteiger partial charge in [-0.1, -0.05) is 60.7 Å². The molecule has 2 aromatic rings. The molecule has 0 aromatic heterocycles. The van der Waals surface area contributed by atoms with Crippen molar-refractivity contribution in [2.75, 3.05) is 0 Å². The zero-order chi connectivity index (χ0) is 12.8. The highest BCUT2D eigenvalue weighted by Gasteiger charge is 2.14. The number of hydrogen-bond donors (Lipinski definition) is 0. The molecule has 0 saturated carbocycles. The average Bonchev–Trinajstić information content (AvgIpc) is 2.41. The summed E-state index contributed by atoms with van der Waals surface area (Å²) in [6.07, 6.45) is 1.15. The van der Waals surface area contributed by atoms with E-state index in [1.54, 1.807) is 0 Å². The molecule has 92 valence electrons. The molecule has 0 N–H and O–H groups in total. The van der Waals surface area contributed by atoms with E-state index in [1.165, 1.54) is 11.1 Å². The first-order valence-electron chi connectivity index (χ1n) is 6.05. The molecule has 0 saturated heterocycles. The molecule has 0 amide bonds. The van der Waals surface area contributed by atoms with Crippen LogP contribution in [0.15, 0.2) is 60.7 Å². The second-order valence-corrected chi connectivity index (χ2v) is 4.69. The van der Waals surface area contributed by atoms with Gasteiger partial charge in [0, 0.05) is 12.3 Å². The lowest BCUT2D eigenvalue weighted by Gasteiger charge is -2.17. The Morgan fingerprint density at radius 3 is 1.72 bits per heavy atom. The first-order valence-corrected chi connectivity index (χ1v) is 6.43. The predicted octanol–water partition coefficient (Wildman–Crippen LogP) is 4.36. The largest absolute Gasteiger partial charge is 0.281 e. The summed E-state index contributed by atoms with van der Waals surface area (Å²) in [6.45, 7) is 0. The molecular weight excluding hydrogens is 244 g/mol. The van der Waals surface area contributed by atoms with E-state index in [4.69, 9.17) is 11.6 Å². The molecule has 2 aromatic carbocycles. The van der Waals surface area contributed by atoms with Crippen LogP contribution in [-0.4, -0.2) is 5.24 Å². The van der Waals surface area contributed by atoms with E-state index in [2.05, 4.69) is 24.3 Å². The van der Waals surface area contributed by atoms with Crippen molar-refractivity contribution in [1.29, 1.82) is 0 Å². The third kappa shape index (κ3) is 3.44. The van der Waals surface area contributed by atoms with Gasteiger partial charge in [-0.3, -0.25) is 4.79 Å². The standard InChI is InChI=1S/C16H15ClO/c17-16(18)12-11-15(13-7-3-1-4-8-13)14-9-5-2-6-10-14/h1-10,15H,11-12H2. The lowest BCUT2D eigenvalue weighted by Crippen LogP contribution is -2.03. The van der Waals surface area contributed by atoms with Crippen molar-refractivity contribution in [3.05, 3.63) is 71.8 Å². The molecule has 0 aliphatic rings. The predicted molar refractivity (Wildman–Crippen MR) is 74.8 cm³/mol. The van der Waals surface area contributed by atoms with Gasteiger partial charge in [0.2, 0.25) is 5.24 Å². The lowest BCUT2D eigenvalue weighted by atomic mass is 9.88. The molecule has 0 spiro atoms. The highest BCUT2D eigenvalue weighted by atomic mass is 35.5. The first kappa shape index (κ1) is 12.8. The molecule has 0 aliphatic carbocycles. The van der Waals surface area contributed by atoms with Crippen molar-refractivity contribution in [3.8, 4) is 0 Å². The van der Waals surface area contributed by atoms with Crippen molar-refractivity contribution in [1.82, 2.24) is 0 Å². The molecule has 1 nitrogen and oxygen atoms in total.